The van der Waals surface area contributed by atoms with Crippen LogP contribution in [-0.4, -0.2) is 79.7 Å². The summed E-state index contributed by atoms with van der Waals surface area (Å²) in [7, 11) is -2.87. The molecular formula is C32H36N10O6S2. The minimum absolute atomic E-state index is 0.138. The average molecular weight is 721 g/mol. The van der Waals surface area contributed by atoms with Crippen molar-refractivity contribution in [1.82, 2.24) is 39.3 Å². The van der Waals surface area contributed by atoms with Crippen LogP contribution in [0.25, 0.3) is 17.8 Å². The molecule has 1 atom stereocenters. The molecule has 0 bridgehead atoms. The molecule has 0 unspecified atom stereocenters. The third-order valence-corrected chi connectivity index (χ3v) is 9.48. The highest BCUT2D eigenvalue weighted by Gasteiger charge is 2.27. The zero-order valence-corrected chi connectivity index (χ0v) is 29.4. The lowest BCUT2D eigenvalue weighted by Crippen LogP contribution is -2.48. The summed E-state index contributed by atoms with van der Waals surface area (Å²) in [5.41, 5.74) is 1.84. The van der Waals surface area contributed by atoms with Gasteiger partial charge in [0, 0.05) is 41.7 Å². The second-order valence-electron chi connectivity index (χ2n) is 12.8. The standard InChI is InChI=1S/C32H36N10O6S2/c1-32(2,3)25-19-49-31(33-25)35-29(43)21-13-15-41-27(16-21)34-28(40-14-5-6-22(18-40)37-50(45,46)47)24(30(41)44)11-12-26-36-38-39-42(26)17-20-7-9-23(48-4)10-8-20/h7-13,15-16,19,22,37H,5-6,14,17-18H2,1-4H3,(H,33,35,43)(H,45,46,47)/b12-11+/t22-/m1/s1. The van der Waals surface area contributed by atoms with E-state index in [-0.39, 0.29) is 34.6 Å². The number of nitrogens with zero attached hydrogens (tertiary/aromatic N) is 8. The van der Waals surface area contributed by atoms with Crippen LogP contribution in [0.1, 0.15) is 66.6 Å². The molecule has 0 radical (unpaired) electrons. The minimum atomic E-state index is -4.46. The molecule has 1 amide bonds. The Balaban J connectivity index is 1.35. The van der Waals surface area contributed by atoms with Crippen LogP contribution in [0.5, 0.6) is 5.75 Å². The van der Waals surface area contributed by atoms with Crippen LogP contribution in [0.4, 0.5) is 10.9 Å². The van der Waals surface area contributed by atoms with Crippen molar-refractivity contribution >= 4 is 56.3 Å². The number of amides is 1. The lowest BCUT2D eigenvalue weighted by Gasteiger charge is -2.34. The summed E-state index contributed by atoms with van der Waals surface area (Å²) in [6, 6.07) is 9.88. The Morgan fingerprint density at radius 2 is 1.94 bits per heavy atom. The molecule has 1 saturated heterocycles. The van der Waals surface area contributed by atoms with Crippen molar-refractivity contribution in [1.29, 1.82) is 0 Å². The molecule has 3 N–H and O–H groups in total. The molecule has 0 saturated carbocycles. The smallest absolute Gasteiger partial charge is 0.333 e. The van der Waals surface area contributed by atoms with E-state index in [1.54, 1.807) is 28.8 Å². The lowest BCUT2D eigenvalue weighted by atomic mass is 9.93. The summed E-state index contributed by atoms with van der Waals surface area (Å²) < 4.78 is 43.1. The molecule has 262 valence electrons. The molecule has 16 nitrogen and oxygen atoms in total. The van der Waals surface area contributed by atoms with Crippen molar-refractivity contribution in [3.63, 3.8) is 0 Å². The highest BCUT2D eigenvalue weighted by atomic mass is 32.2. The third-order valence-electron chi connectivity index (χ3n) is 8.09. The van der Waals surface area contributed by atoms with E-state index in [1.807, 2.05) is 50.4 Å². The molecule has 0 aliphatic carbocycles. The fraction of sp³-hybridized carbons (Fsp3) is 0.344. The SMILES string of the molecule is COc1ccc(Cn2nnnc2/C=C/c2c(N3CCC[C@@H](NS(=O)(=O)O)C3)nc3cc(C(=O)Nc4nc(C(C)(C)C)cs4)ccn3c2=O)cc1. The summed E-state index contributed by atoms with van der Waals surface area (Å²) in [6.07, 6.45) is 5.70. The number of rotatable bonds is 10. The van der Waals surface area contributed by atoms with Gasteiger partial charge in [0.25, 0.3) is 11.5 Å². The van der Waals surface area contributed by atoms with Crippen LogP contribution in [0, 0.1) is 0 Å². The number of pyridine rings is 1. The largest absolute Gasteiger partial charge is 0.497 e. The lowest BCUT2D eigenvalue weighted by molar-refractivity contribution is 0.102. The zero-order valence-electron chi connectivity index (χ0n) is 27.8. The van der Waals surface area contributed by atoms with Gasteiger partial charge in [-0.05, 0) is 65.2 Å². The van der Waals surface area contributed by atoms with Crippen molar-refractivity contribution in [2.75, 3.05) is 30.4 Å². The number of hydrogen-bond donors (Lipinski definition) is 3. The predicted molar refractivity (Wildman–Crippen MR) is 189 cm³/mol. The fourth-order valence-corrected chi connectivity index (χ4v) is 7.04. The van der Waals surface area contributed by atoms with Crippen molar-refractivity contribution in [2.24, 2.45) is 0 Å². The Morgan fingerprint density at radius 1 is 1.16 bits per heavy atom. The topological polar surface area (TPSA) is 199 Å². The molecule has 5 heterocycles. The Bertz CT molecular complexity index is 2220. The van der Waals surface area contributed by atoms with Gasteiger partial charge in [-0.2, -0.15) is 13.1 Å². The predicted octanol–water partition coefficient (Wildman–Crippen LogP) is 3.28. The zero-order chi connectivity index (χ0) is 35.6. The van der Waals surface area contributed by atoms with E-state index in [2.05, 4.69) is 30.5 Å². The Hall–Kier alpha value is -5.04. The number of piperidine rings is 1. The van der Waals surface area contributed by atoms with Gasteiger partial charge >= 0.3 is 10.3 Å². The molecule has 18 heteroatoms. The average Bonchev–Trinajstić information content (AvgIpc) is 3.73. The molecule has 6 rings (SSSR count). The minimum Gasteiger partial charge on any atom is -0.497 e. The molecule has 50 heavy (non-hydrogen) atoms. The van der Waals surface area contributed by atoms with E-state index in [9.17, 15) is 22.6 Å². The highest BCUT2D eigenvalue weighted by Crippen LogP contribution is 2.27. The number of carbonyl (C=O) groups excluding carboxylic acids is 1. The molecule has 5 aromatic rings. The van der Waals surface area contributed by atoms with E-state index in [0.29, 0.717) is 36.9 Å². The fourth-order valence-electron chi connectivity index (χ4n) is 5.49. The van der Waals surface area contributed by atoms with E-state index in [0.717, 1.165) is 17.0 Å². The van der Waals surface area contributed by atoms with Gasteiger partial charge in [0.05, 0.1) is 24.9 Å². The summed E-state index contributed by atoms with van der Waals surface area (Å²) in [5, 5.41) is 17.2. The van der Waals surface area contributed by atoms with E-state index < -0.39 is 27.8 Å². The molecule has 1 aliphatic rings. The van der Waals surface area contributed by atoms with Gasteiger partial charge in [0.1, 0.15) is 17.2 Å². The summed E-state index contributed by atoms with van der Waals surface area (Å²) in [6.45, 7) is 7.07. The number of carbonyl (C=O) groups is 1. The van der Waals surface area contributed by atoms with Gasteiger partial charge in [0.15, 0.2) is 11.0 Å². The molecule has 1 aliphatic heterocycles. The first-order chi connectivity index (χ1) is 23.8. The second kappa shape index (κ2) is 14.1. The van der Waals surface area contributed by atoms with Gasteiger partial charge in [-0.15, -0.1) is 16.4 Å². The van der Waals surface area contributed by atoms with Gasteiger partial charge in [-0.1, -0.05) is 32.9 Å². The van der Waals surface area contributed by atoms with E-state index >= 15 is 0 Å². The molecule has 1 aromatic carbocycles. The Kier molecular flexibility index (Phi) is 9.79. The van der Waals surface area contributed by atoms with Crippen LogP contribution in [0.3, 0.4) is 0 Å². The first-order valence-electron chi connectivity index (χ1n) is 15.7. The third kappa shape index (κ3) is 8.05. The summed E-state index contributed by atoms with van der Waals surface area (Å²) in [5.74, 6) is 0.955. The Labute approximate surface area is 291 Å². The number of ether oxygens (including phenoxy) is 1. The van der Waals surface area contributed by atoms with Crippen LogP contribution in [0.15, 0.2) is 52.8 Å². The van der Waals surface area contributed by atoms with Crippen molar-refractivity contribution in [3.05, 3.63) is 86.5 Å². The quantitative estimate of drug-likeness (QED) is 0.178. The number of nitrogens with one attached hydrogen (secondary N) is 2. The van der Waals surface area contributed by atoms with Gasteiger partial charge in [0.2, 0.25) is 0 Å². The van der Waals surface area contributed by atoms with Crippen LogP contribution in [0.2, 0.25) is 0 Å². The molecule has 0 spiro atoms. The monoisotopic (exact) mass is 720 g/mol. The Morgan fingerprint density at radius 3 is 2.64 bits per heavy atom. The van der Waals surface area contributed by atoms with E-state index in [1.165, 1.54) is 34.1 Å². The van der Waals surface area contributed by atoms with Gasteiger partial charge in [-0.25, -0.2) is 14.6 Å². The van der Waals surface area contributed by atoms with E-state index in [4.69, 9.17) is 9.72 Å². The van der Waals surface area contributed by atoms with Gasteiger partial charge in [-0.3, -0.25) is 23.9 Å². The number of anilines is 2. The number of benzene rings is 1. The molecule has 4 aromatic heterocycles. The maximum absolute atomic E-state index is 14.1. The second-order valence-corrected chi connectivity index (χ2v) is 14.8. The number of fused-ring (bicyclic) bond motifs is 1. The summed E-state index contributed by atoms with van der Waals surface area (Å²) in [4.78, 5) is 38.5. The first-order valence-corrected chi connectivity index (χ1v) is 18.0. The van der Waals surface area contributed by atoms with Crippen LogP contribution >= 0.6 is 11.3 Å². The maximum atomic E-state index is 14.1. The van der Waals surface area contributed by atoms with Crippen molar-refractivity contribution in [2.45, 2.75) is 51.6 Å². The number of hydrogen-bond acceptors (Lipinski definition) is 12. The first kappa shape index (κ1) is 34.8. The van der Waals surface area contributed by atoms with Gasteiger partial charge < -0.3 is 9.64 Å². The number of thiazole rings is 1. The highest BCUT2D eigenvalue weighted by molar-refractivity contribution is 7.83. The normalized spacial score (nSPS) is 15.5. The number of methoxy groups -OCH3 is 1. The number of tetrazole rings is 1. The van der Waals surface area contributed by atoms with Crippen molar-refractivity contribution < 1.29 is 22.5 Å². The van der Waals surface area contributed by atoms with Crippen LogP contribution in [-0.2, 0) is 22.3 Å². The van der Waals surface area contributed by atoms with Crippen LogP contribution < -0.4 is 25.2 Å². The van der Waals surface area contributed by atoms with Crippen molar-refractivity contribution in [3.8, 4) is 5.75 Å². The maximum Gasteiger partial charge on any atom is 0.333 e. The summed E-state index contributed by atoms with van der Waals surface area (Å²) >= 11 is 1.32. The molecule has 1 fully saturated rings. The molecular weight excluding hydrogens is 685 g/mol. The number of aromatic nitrogens is 7.